The number of rotatable bonds is 4. The smallest absolute Gasteiger partial charge is 0.123 e. The molecular weight excluding hydrogens is 215 g/mol. The van der Waals surface area contributed by atoms with Crippen LogP contribution in [-0.2, 0) is 6.54 Å². The highest BCUT2D eigenvalue weighted by Gasteiger charge is 1.90. The van der Waals surface area contributed by atoms with Crippen molar-refractivity contribution in [2.24, 2.45) is 5.10 Å². The Hall–Kier alpha value is -2.16. The van der Waals surface area contributed by atoms with Gasteiger partial charge in [-0.2, -0.15) is 5.10 Å². The molecule has 2 rings (SSSR count). The van der Waals surface area contributed by atoms with Gasteiger partial charge in [0.1, 0.15) is 5.82 Å². The Morgan fingerprint density at radius 1 is 1.00 bits per heavy atom. The number of nitrogens with zero attached hydrogens (tertiary/aromatic N) is 1. The Morgan fingerprint density at radius 3 is 2.41 bits per heavy atom. The highest BCUT2D eigenvalue weighted by molar-refractivity contribution is 5.79. The van der Waals surface area contributed by atoms with Gasteiger partial charge >= 0.3 is 0 Å². The van der Waals surface area contributed by atoms with Crippen molar-refractivity contribution >= 4 is 6.21 Å². The zero-order valence-electron chi connectivity index (χ0n) is 9.31. The second-order valence-electron chi connectivity index (χ2n) is 3.63. The molecule has 17 heavy (non-hydrogen) atoms. The second kappa shape index (κ2) is 5.80. The maximum atomic E-state index is 12.6. The summed E-state index contributed by atoms with van der Waals surface area (Å²) in [5.74, 6) is -0.237. The summed E-state index contributed by atoms with van der Waals surface area (Å²) in [6, 6.07) is 16.2. The van der Waals surface area contributed by atoms with E-state index in [9.17, 15) is 4.39 Å². The summed E-state index contributed by atoms with van der Waals surface area (Å²) in [6.07, 6.45) is 1.67. The van der Waals surface area contributed by atoms with Crippen molar-refractivity contribution in [1.82, 2.24) is 5.43 Å². The molecule has 0 radical (unpaired) electrons. The zero-order valence-corrected chi connectivity index (χ0v) is 9.31. The van der Waals surface area contributed by atoms with Crippen LogP contribution < -0.4 is 5.43 Å². The molecule has 0 spiro atoms. The molecule has 0 atom stereocenters. The lowest BCUT2D eigenvalue weighted by molar-refractivity contribution is 0.628. The summed E-state index contributed by atoms with van der Waals surface area (Å²) < 4.78 is 12.6. The van der Waals surface area contributed by atoms with Crippen molar-refractivity contribution in [3.8, 4) is 0 Å². The Balaban J connectivity index is 1.84. The molecule has 0 aliphatic carbocycles. The van der Waals surface area contributed by atoms with Crippen molar-refractivity contribution in [1.29, 1.82) is 0 Å². The molecule has 0 aliphatic rings. The van der Waals surface area contributed by atoms with E-state index in [2.05, 4.69) is 10.5 Å². The Bertz CT molecular complexity index is 477. The van der Waals surface area contributed by atoms with Crippen LogP contribution in [0.5, 0.6) is 0 Å². The van der Waals surface area contributed by atoms with Crippen LogP contribution in [0.4, 0.5) is 4.39 Å². The molecule has 2 aromatic carbocycles. The summed E-state index contributed by atoms with van der Waals surface area (Å²) in [5.41, 5.74) is 4.98. The minimum Gasteiger partial charge on any atom is -0.306 e. The maximum absolute atomic E-state index is 12.6. The van der Waals surface area contributed by atoms with Gasteiger partial charge in [0.25, 0.3) is 0 Å². The normalized spacial score (nSPS) is 10.6. The predicted molar refractivity (Wildman–Crippen MR) is 67.3 cm³/mol. The number of hydrogen-bond donors (Lipinski definition) is 1. The Labute approximate surface area is 99.8 Å². The van der Waals surface area contributed by atoms with Gasteiger partial charge in [0.2, 0.25) is 0 Å². The van der Waals surface area contributed by atoms with E-state index in [1.807, 2.05) is 30.3 Å². The van der Waals surface area contributed by atoms with Gasteiger partial charge in [0.05, 0.1) is 12.8 Å². The van der Waals surface area contributed by atoms with E-state index >= 15 is 0 Å². The number of nitrogens with one attached hydrogen (secondary N) is 1. The highest BCUT2D eigenvalue weighted by Crippen LogP contribution is 2.00. The third kappa shape index (κ3) is 3.72. The third-order valence-electron chi connectivity index (χ3n) is 2.30. The molecular formula is C14H13FN2. The van der Waals surface area contributed by atoms with E-state index in [4.69, 9.17) is 0 Å². The van der Waals surface area contributed by atoms with Crippen LogP contribution in [0.25, 0.3) is 0 Å². The van der Waals surface area contributed by atoms with Gasteiger partial charge in [-0.15, -0.1) is 0 Å². The van der Waals surface area contributed by atoms with Crippen LogP contribution in [0.15, 0.2) is 59.7 Å². The number of benzene rings is 2. The van der Waals surface area contributed by atoms with Crippen LogP contribution in [0.1, 0.15) is 11.1 Å². The Kier molecular flexibility index (Phi) is 3.86. The van der Waals surface area contributed by atoms with Crippen LogP contribution in [0, 0.1) is 5.82 Å². The topological polar surface area (TPSA) is 24.4 Å². The number of hydrogen-bond acceptors (Lipinski definition) is 2. The van der Waals surface area contributed by atoms with Crippen molar-refractivity contribution in [2.75, 3.05) is 0 Å². The first-order valence-corrected chi connectivity index (χ1v) is 5.40. The standard InChI is InChI=1S/C14H13FN2/c15-14-8-6-13(7-9-14)11-17-16-10-12-4-2-1-3-5-12/h1-9,11,16H,10H2/b17-11+. The van der Waals surface area contributed by atoms with Crippen molar-refractivity contribution in [3.63, 3.8) is 0 Å². The molecule has 0 aromatic heterocycles. The van der Waals surface area contributed by atoms with Gasteiger partial charge in [-0.05, 0) is 23.3 Å². The first-order chi connectivity index (χ1) is 8.34. The minimum atomic E-state index is -0.237. The molecule has 0 heterocycles. The molecule has 86 valence electrons. The fraction of sp³-hybridized carbons (Fsp3) is 0.0714. The lowest BCUT2D eigenvalue weighted by Gasteiger charge is -1.99. The predicted octanol–water partition coefficient (Wildman–Crippen LogP) is 2.95. The van der Waals surface area contributed by atoms with Gasteiger partial charge in [0, 0.05) is 0 Å². The fourth-order valence-corrected chi connectivity index (χ4v) is 1.40. The van der Waals surface area contributed by atoms with Crippen LogP contribution in [-0.4, -0.2) is 6.21 Å². The van der Waals surface area contributed by atoms with E-state index in [0.29, 0.717) is 6.54 Å². The molecule has 0 bridgehead atoms. The van der Waals surface area contributed by atoms with Crippen LogP contribution >= 0.6 is 0 Å². The van der Waals surface area contributed by atoms with E-state index in [1.54, 1.807) is 18.3 Å². The lowest BCUT2D eigenvalue weighted by Crippen LogP contribution is -2.05. The van der Waals surface area contributed by atoms with Gasteiger partial charge in [-0.3, -0.25) is 0 Å². The SMILES string of the molecule is Fc1ccc(/C=N/NCc2ccccc2)cc1. The van der Waals surface area contributed by atoms with Gasteiger partial charge < -0.3 is 5.43 Å². The van der Waals surface area contributed by atoms with Crippen LogP contribution in [0.2, 0.25) is 0 Å². The summed E-state index contributed by atoms with van der Waals surface area (Å²) >= 11 is 0. The summed E-state index contributed by atoms with van der Waals surface area (Å²) in [5, 5.41) is 4.07. The molecule has 0 saturated heterocycles. The summed E-state index contributed by atoms with van der Waals surface area (Å²) in [7, 11) is 0. The molecule has 0 amide bonds. The molecule has 0 saturated carbocycles. The van der Waals surface area contributed by atoms with Crippen molar-refractivity contribution in [3.05, 3.63) is 71.5 Å². The Morgan fingerprint density at radius 2 is 1.71 bits per heavy atom. The van der Waals surface area contributed by atoms with Crippen molar-refractivity contribution in [2.45, 2.75) is 6.54 Å². The highest BCUT2D eigenvalue weighted by atomic mass is 19.1. The van der Waals surface area contributed by atoms with Crippen LogP contribution in [0.3, 0.4) is 0 Å². The van der Waals surface area contributed by atoms with Gasteiger partial charge in [0.15, 0.2) is 0 Å². The number of hydrazone groups is 1. The first kappa shape index (κ1) is 11.3. The molecule has 0 aliphatic heterocycles. The largest absolute Gasteiger partial charge is 0.306 e. The average molecular weight is 228 g/mol. The molecule has 2 nitrogen and oxygen atoms in total. The van der Waals surface area contributed by atoms with Gasteiger partial charge in [-0.25, -0.2) is 4.39 Å². The maximum Gasteiger partial charge on any atom is 0.123 e. The lowest BCUT2D eigenvalue weighted by atomic mass is 10.2. The summed E-state index contributed by atoms with van der Waals surface area (Å²) in [4.78, 5) is 0. The molecule has 1 N–H and O–H groups in total. The quantitative estimate of drug-likeness (QED) is 0.631. The minimum absolute atomic E-state index is 0.237. The van der Waals surface area contributed by atoms with E-state index in [0.717, 1.165) is 5.56 Å². The van der Waals surface area contributed by atoms with E-state index in [-0.39, 0.29) is 5.82 Å². The van der Waals surface area contributed by atoms with Gasteiger partial charge in [-0.1, -0.05) is 42.5 Å². The van der Waals surface area contributed by atoms with Crippen molar-refractivity contribution < 1.29 is 4.39 Å². The molecule has 3 heteroatoms. The van der Waals surface area contributed by atoms with E-state index in [1.165, 1.54) is 17.7 Å². The fourth-order valence-electron chi connectivity index (χ4n) is 1.40. The number of halogens is 1. The summed E-state index contributed by atoms with van der Waals surface area (Å²) in [6.45, 7) is 0.679. The molecule has 0 unspecified atom stereocenters. The molecule has 2 aromatic rings. The van der Waals surface area contributed by atoms with E-state index < -0.39 is 0 Å². The second-order valence-corrected chi connectivity index (χ2v) is 3.63. The zero-order chi connectivity index (χ0) is 11.9. The average Bonchev–Trinajstić information content (AvgIpc) is 2.38. The first-order valence-electron chi connectivity index (χ1n) is 5.40. The third-order valence-corrected chi connectivity index (χ3v) is 2.30. The monoisotopic (exact) mass is 228 g/mol. The molecule has 0 fully saturated rings.